The summed E-state index contributed by atoms with van der Waals surface area (Å²) < 4.78 is 12.6. The van der Waals surface area contributed by atoms with Crippen LogP contribution in [0.25, 0.3) is 0 Å². The van der Waals surface area contributed by atoms with Crippen molar-refractivity contribution in [3.05, 3.63) is 29.6 Å². The van der Waals surface area contributed by atoms with Gasteiger partial charge in [-0.2, -0.15) is 0 Å². The van der Waals surface area contributed by atoms with E-state index in [1.807, 2.05) is 27.1 Å². The van der Waals surface area contributed by atoms with Gasteiger partial charge < -0.3 is 0 Å². The Morgan fingerprint density at radius 3 is 2.50 bits per heavy atom. The SMILES string of the molecule is C[B]c1cc(C)cc(F)c1. The fraction of sp³-hybridized carbons (Fsp3) is 0.250. The highest BCUT2D eigenvalue weighted by Gasteiger charge is 1.94. The third-order valence-electron chi connectivity index (χ3n) is 1.40. The first-order valence-electron chi connectivity index (χ1n) is 3.29. The molecule has 0 heterocycles. The third kappa shape index (κ3) is 1.60. The number of aryl methyl sites for hydroxylation is 1. The van der Waals surface area contributed by atoms with Crippen LogP contribution in [0.3, 0.4) is 0 Å². The number of rotatable bonds is 1. The topological polar surface area (TPSA) is 0 Å². The molecule has 0 fully saturated rings. The normalized spacial score (nSPS) is 9.50. The molecule has 0 aliphatic carbocycles. The van der Waals surface area contributed by atoms with Crippen LogP contribution in [-0.2, 0) is 0 Å². The number of benzene rings is 1. The summed E-state index contributed by atoms with van der Waals surface area (Å²) >= 11 is 0. The smallest absolute Gasteiger partial charge is 0.148 e. The zero-order valence-electron chi connectivity index (χ0n) is 6.19. The maximum atomic E-state index is 12.6. The minimum Gasteiger partial charge on any atom is -0.207 e. The molecule has 0 aliphatic rings. The highest BCUT2D eigenvalue weighted by atomic mass is 19.1. The van der Waals surface area contributed by atoms with Gasteiger partial charge in [-0.1, -0.05) is 18.4 Å². The van der Waals surface area contributed by atoms with Gasteiger partial charge in [-0.25, -0.2) is 4.39 Å². The fourth-order valence-electron chi connectivity index (χ4n) is 0.931. The van der Waals surface area contributed by atoms with E-state index < -0.39 is 0 Å². The van der Waals surface area contributed by atoms with E-state index in [9.17, 15) is 4.39 Å². The van der Waals surface area contributed by atoms with E-state index in [2.05, 4.69) is 0 Å². The fourth-order valence-corrected chi connectivity index (χ4v) is 0.931. The molecule has 1 radical (unpaired) electrons. The van der Waals surface area contributed by atoms with Crippen molar-refractivity contribution in [2.24, 2.45) is 0 Å². The van der Waals surface area contributed by atoms with Crippen molar-refractivity contribution >= 4 is 12.7 Å². The van der Waals surface area contributed by atoms with Crippen molar-refractivity contribution in [1.82, 2.24) is 0 Å². The van der Waals surface area contributed by atoms with E-state index in [1.165, 1.54) is 12.1 Å². The second-order valence-corrected chi connectivity index (χ2v) is 2.35. The molecule has 0 nitrogen and oxygen atoms in total. The van der Waals surface area contributed by atoms with E-state index in [-0.39, 0.29) is 5.82 Å². The highest BCUT2D eigenvalue weighted by Crippen LogP contribution is 1.98. The molecule has 10 heavy (non-hydrogen) atoms. The van der Waals surface area contributed by atoms with Gasteiger partial charge in [-0.15, -0.1) is 0 Å². The van der Waals surface area contributed by atoms with Gasteiger partial charge in [-0.3, -0.25) is 0 Å². The standard InChI is InChI=1S/C8H9BF/c1-6-3-7(9-2)5-8(10)4-6/h3-5H,1-2H3. The molecule has 0 unspecified atom stereocenters. The molecular weight excluding hydrogens is 126 g/mol. The average molecular weight is 135 g/mol. The van der Waals surface area contributed by atoms with Crippen LogP contribution in [0.5, 0.6) is 0 Å². The Morgan fingerprint density at radius 2 is 2.00 bits per heavy atom. The predicted octanol–water partition coefficient (Wildman–Crippen LogP) is 1.51. The summed E-state index contributed by atoms with van der Waals surface area (Å²) in [6.45, 7) is 3.78. The number of hydrogen-bond acceptors (Lipinski definition) is 0. The molecule has 2 heteroatoms. The van der Waals surface area contributed by atoms with Crippen LogP contribution in [0.4, 0.5) is 4.39 Å². The lowest BCUT2D eigenvalue weighted by Gasteiger charge is -1.97. The average Bonchev–Trinajstić information content (AvgIpc) is 1.85. The maximum absolute atomic E-state index is 12.6. The highest BCUT2D eigenvalue weighted by molar-refractivity contribution is 6.51. The molecule has 0 spiro atoms. The van der Waals surface area contributed by atoms with Crippen molar-refractivity contribution in [1.29, 1.82) is 0 Å². The Hall–Kier alpha value is -0.785. The van der Waals surface area contributed by atoms with Crippen LogP contribution >= 0.6 is 0 Å². The summed E-state index contributed by atoms with van der Waals surface area (Å²) in [4.78, 5) is 0. The maximum Gasteiger partial charge on any atom is 0.148 e. The van der Waals surface area contributed by atoms with E-state index in [0.29, 0.717) is 0 Å². The van der Waals surface area contributed by atoms with E-state index in [1.54, 1.807) is 0 Å². The Kier molecular flexibility index (Phi) is 2.10. The summed E-state index contributed by atoms with van der Waals surface area (Å²) in [6, 6.07) is 4.99. The van der Waals surface area contributed by atoms with Gasteiger partial charge in [0.1, 0.15) is 13.1 Å². The Bertz CT molecular complexity index is 212. The van der Waals surface area contributed by atoms with Gasteiger partial charge in [0.25, 0.3) is 0 Å². The van der Waals surface area contributed by atoms with E-state index >= 15 is 0 Å². The van der Waals surface area contributed by atoms with Crippen molar-refractivity contribution in [3.8, 4) is 0 Å². The molecule has 0 atom stereocenters. The van der Waals surface area contributed by atoms with Gasteiger partial charge in [0.15, 0.2) is 0 Å². The Morgan fingerprint density at radius 1 is 1.30 bits per heavy atom. The van der Waals surface area contributed by atoms with Crippen molar-refractivity contribution < 1.29 is 4.39 Å². The first kappa shape index (κ1) is 7.32. The van der Waals surface area contributed by atoms with Crippen LogP contribution < -0.4 is 5.46 Å². The Balaban J connectivity index is 3.06. The van der Waals surface area contributed by atoms with Crippen LogP contribution in [0.15, 0.2) is 18.2 Å². The summed E-state index contributed by atoms with van der Waals surface area (Å²) in [5, 5.41) is 0. The van der Waals surface area contributed by atoms with Crippen LogP contribution in [0.1, 0.15) is 5.56 Å². The Labute approximate surface area is 61.3 Å². The zero-order chi connectivity index (χ0) is 7.56. The summed E-state index contributed by atoms with van der Waals surface area (Å²) in [6.07, 6.45) is 0. The minimum absolute atomic E-state index is 0.159. The van der Waals surface area contributed by atoms with Crippen molar-refractivity contribution in [2.75, 3.05) is 0 Å². The molecule has 1 rings (SSSR count). The molecule has 0 aromatic heterocycles. The molecule has 0 aliphatic heterocycles. The van der Waals surface area contributed by atoms with Gasteiger partial charge in [0.05, 0.1) is 0 Å². The van der Waals surface area contributed by atoms with Crippen molar-refractivity contribution in [2.45, 2.75) is 13.7 Å². The molecule has 0 saturated heterocycles. The largest absolute Gasteiger partial charge is 0.207 e. The lowest BCUT2D eigenvalue weighted by atomic mass is 9.73. The predicted molar refractivity (Wildman–Crippen MR) is 42.4 cm³/mol. The molecular formula is C8H9BF. The van der Waals surface area contributed by atoms with Crippen LogP contribution in [0, 0.1) is 12.7 Å². The van der Waals surface area contributed by atoms with Crippen molar-refractivity contribution in [3.63, 3.8) is 0 Å². The summed E-state index contributed by atoms with van der Waals surface area (Å²) in [5.41, 5.74) is 1.91. The monoisotopic (exact) mass is 135 g/mol. The number of halogens is 1. The quantitative estimate of drug-likeness (QED) is 0.512. The number of hydrogen-bond donors (Lipinski definition) is 0. The van der Waals surface area contributed by atoms with Crippen LogP contribution in [0.2, 0.25) is 6.82 Å². The van der Waals surface area contributed by atoms with Gasteiger partial charge in [-0.05, 0) is 24.6 Å². The second-order valence-electron chi connectivity index (χ2n) is 2.35. The lowest BCUT2D eigenvalue weighted by Crippen LogP contribution is -2.11. The van der Waals surface area contributed by atoms with E-state index in [0.717, 1.165) is 11.0 Å². The molecule has 1 aromatic rings. The summed E-state index contributed by atoms with van der Waals surface area (Å²) in [5.74, 6) is -0.159. The zero-order valence-corrected chi connectivity index (χ0v) is 6.19. The summed E-state index contributed by atoms with van der Waals surface area (Å²) in [7, 11) is 1.88. The first-order valence-corrected chi connectivity index (χ1v) is 3.29. The van der Waals surface area contributed by atoms with Gasteiger partial charge in [0, 0.05) is 0 Å². The van der Waals surface area contributed by atoms with Gasteiger partial charge >= 0.3 is 0 Å². The third-order valence-corrected chi connectivity index (χ3v) is 1.40. The van der Waals surface area contributed by atoms with E-state index in [4.69, 9.17) is 0 Å². The van der Waals surface area contributed by atoms with Gasteiger partial charge in [0.2, 0.25) is 0 Å². The molecule has 1 aromatic carbocycles. The minimum atomic E-state index is -0.159. The second kappa shape index (κ2) is 2.87. The molecule has 0 saturated carbocycles. The molecule has 0 bridgehead atoms. The van der Waals surface area contributed by atoms with Crippen LogP contribution in [-0.4, -0.2) is 7.28 Å². The first-order chi connectivity index (χ1) is 4.72. The molecule has 0 amide bonds. The lowest BCUT2D eigenvalue weighted by molar-refractivity contribution is 0.628. The molecule has 0 N–H and O–H groups in total. The molecule has 51 valence electrons.